The highest BCUT2D eigenvalue weighted by Crippen LogP contribution is 2.39. The van der Waals surface area contributed by atoms with Crippen LogP contribution in [0.2, 0.25) is 5.02 Å². The van der Waals surface area contributed by atoms with E-state index in [2.05, 4.69) is 0 Å². The molecule has 3 nitrogen and oxygen atoms in total. The van der Waals surface area contributed by atoms with Crippen LogP contribution in [-0.4, -0.2) is 29.0 Å². The van der Waals surface area contributed by atoms with E-state index in [1.165, 1.54) is 0 Å². The average molecular weight is 301 g/mol. The largest absolute Gasteiger partial charge is 0.493 e. The molecule has 0 spiro atoms. The lowest BCUT2D eigenvalue weighted by Gasteiger charge is -2.24. The van der Waals surface area contributed by atoms with Gasteiger partial charge in [0.15, 0.2) is 0 Å². The Kier molecular flexibility index (Phi) is 6.31. The van der Waals surface area contributed by atoms with E-state index in [0.29, 0.717) is 18.1 Å². The highest BCUT2D eigenvalue weighted by atomic mass is 35.5. The van der Waals surface area contributed by atoms with Crippen LogP contribution in [0, 0.1) is 13.8 Å². The standard InChI is InChI=1S/C16H25ClO3/c1-6-20-16-10(3)7-13(17)11(4)15(16)9(2)8-14(19)12(5)18/h7,9,12,14,18-19H,6,8H2,1-5H3. The maximum atomic E-state index is 9.88. The van der Waals surface area contributed by atoms with E-state index in [9.17, 15) is 10.2 Å². The van der Waals surface area contributed by atoms with Gasteiger partial charge in [-0.05, 0) is 57.2 Å². The van der Waals surface area contributed by atoms with Crippen LogP contribution in [0.4, 0.5) is 0 Å². The predicted molar refractivity (Wildman–Crippen MR) is 82.8 cm³/mol. The van der Waals surface area contributed by atoms with Gasteiger partial charge in [-0.3, -0.25) is 0 Å². The normalized spacial score (nSPS) is 15.8. The first-order valence-corrected chi connectivity index (χ1v) is 7.45. The predicted octanol–water partition coefficient (Wildman–Crippen LogP) is 3.59. The molecule has 0 saturated heterocycles. The van der Waals surface area contributed by atoms with E-state index in [4.69, 9.17) is 16.3 Å². The van der Waals surface area contributed by atoms with Crippen LogP contribution in [-0.2, 0) is 0 Å². The molecule has 3 unspecified atom stereocenters. The molecule has 0 aliphatic carbocycles. The Bertz CT molecular complexity index is 458. The molecule has 0 bridgehead atoms. The second kappa shape index (κ2) is 7.30. The maximum absolute atomic E-state index is 9.88. The topological polar surface area (TPSA) is 49.7 Å². The van der Waals surface area contributed by atoms with Gasteiger partial charge in [0.05, 0.1) is 18.8 Å². The minimum atomic E-state index is -0.752. The van der Waals surface area contributed by atoms with Crippen molar-refractivity contribution >= 4 is 11.6 Å². The van der Waals surface area contributed by atoms with Gasteiger partial charge in [0, 0.05) is 10.6 Å². The molecule has 0 amide bonds. The fourth-order valence-electron chi connectivity index (χ4n) is 2.48. The third kappa shape index (κ3) is 3.87. The highest BCUT2D eigenvalue weighted by molar-refractivity contribution is 6.31. The summed E-state index contributed by atoms with van der Waals surface area (Å²) in [5, 5.41) is 20.1. The molecule has 1 rings (SSSR count). The molecule has 0 fully saturated rings. The van der Waals surface area contributed by atoms with Gasteiger partial charge in [-0.1, -0.05) is 18.5 Å². The molecular weight excluding hydrogens is 276 g/mol. The zero-order valence-electron chi connectivity index (χ0n) is 12.9. The van der Waals surface area contributed by atoms with Crippen molar-refractivity contribution in [1.82, 2.24) is 0 Å². The first kappa shape index (κ1) is 17.3. The summed E-state index contributed by atoms with van der Waals surface area (Å²) in [5.41, 5.74) is 3.00. The number of aryl methyl sites for hydroxylation is 1. The first-order valence-electron chi connectivity index (χ1n) is 7.08. The molecule has 0 radical (unpaired) electrons. The lowest BCUT2D eigenvalue weighted by atomic mass is 9.88. The summed E-state index contributed by atoms with van der Waals surface area (Å²) in [6, 6.07) is 1.91. The minimum absolute atomic E-state index is 0.0542. The van der Waals surface area contributed by atoms with Gasteiger partial charge in [-0.2, -0.15) is 0 Å². The van der Waals surface area contributed by atoms with Crippen LogP contribution in [0.1, 0.15) is 49.8 Å². The van der Waals surface area contributed by atoms with Gasteiger partial charge in [0.2, 0.25) is 0 Å². The quantitative estimate of drug-likeness (QED) is 0.844. The molecule has 0 aliphatic heterocycles. The maximum Gasteiger partial charge on any atom is 0.126 e. The second-order valence-corrected chi connectivity index (χ2v) is 5.83. The number of ether oxygens (including phenoxy) is 1. The van der Waals surface area contributed by atoms with Crippen molar-refractivity contribution in [3.05, 3.63) is 27.8 Å². The summed E-state index contributed by atoms with van der Waals surface area (Å²) in [6.07, 6.45) is -1.02. The number of halogens is 1. The van der Waals surface area contributed by atoms with Crippen LogP contribution in [0.25, 0.3) is 0 Å². The van der Waals surface area contributed by atoms with Crippen molar-refractivity contribution in [1.29, 1.82) is 0 Å². The molecule has 2 N–H and O–H groups in total. The van der Waals surface area contributed by atoms with Gasteiger partial charge < -0.3 is 14.9 Å². The average Bonchev–Trinajstić information content (AvgIpc) is 2.35. The number of rotatable bonds is 6. The van der Waals surface area contributed by atoms with Crippen LogP contribution < -0.4 is 4.74 Å². The molecule has 0 heterocycles. The molecule has 4 heteroatoms. The van der Waals surface area contributed by atoms with Crippen LogP contribution >= 0.6 is 11.6 Å². The van der Waals surface area contributed by atoms with Crippen molar-refractivity contribution in [2.24, 2.45) is 0 Å². The van der Waals surface area contributed by atoms with Crippen LogP contribution in [0.5, 0.6) is 5.75 Å². The molecule has 1 aromatic carbocycles. The highest BCUT2D eigenvalue weighted by Gasteiger charge is 2.23. The Labute approximate surface area is 126 Å². The summed E-state index contributed by atoms with van der Waals surface area (Å²) in [4.78, 5) is 0. The molecule has 114 valence electrons. The number of aliphatic hydroxyl groups excluding tert-OH is 2. The SMILES string of the molecule is CCOc1c(C)cc(Cl)c(C)c1C(C)CC(O)C(C)O. The van der Waals surface area contributed by atoms with Gasteiger partial charge in [0.25, 0.3) is 0 Å². The van der Waals surface area contributed by atoms with Gasteiger partial charge in [-0.15, -0.1) is 0 Å². The van der Waals surface area contributed by atoms with Crippen LogP contribution in [0.15, 0.2) is 6.07 Å². The first-order chi connectivity index (χ1) is 9.29. The molecule has 0 aliphatic rings. The monoisotopic (exact) mass is 300 g/mol. The van der Waals surface area contributed by atoms with E-state index >= 15 is 0 Å². The molecule has 0 saturated carbocycles. The van der Waals surface area contributed by atoms with Crippen molar-refractivity contribution in [3.8, 4) is 5.75 Å². The number of hydrogen-bond acceptors (Lipinski definition) is 3. The Morgan fingerprint density at radius 3 is 2.35 bits per heavy atom. The Morgan fingerprint density at radius 2 is 1.85 bits per heavy atom. The zero-order chi connectivity index (χ0) is 15.4. The molecule has 3 atom stereocenters. The van der Waals surface area contributed by atoms with Crippen molar-refractivity contribution in [2.75, 3.05) is 6.61 Å². The number of aliphatic hydroxyl groups is 2. The van der Waals surface area contributed by atoms with Crippen molar-refractivity contribution < 1.29 is 14.9 Å². The summed E-state index contributed by atoms with van der Waals surface area (Å²) in [6.45, 7) is 10.1. The molecular formula is C16H25ClO3. The fraction of sp³-hybridized carbons (Fsp3) is 0.625. The summed E-state index contributed by atoms with van der Waals surface area (Å²) >= 11 is 6.27. The third-order valence-electron chi connectivity index (χ3n) is 3.64. The van der Waals surface area contributed by atoms with E-state index in [0.717, 1.165) is 22.4 Å². The molecule has 20 heavy (non-hydrogen) atoms. The van der Waals surface area contributed by atoms with Crippen LogP contribution in [0.3, 0.4) is 0 Å². The lowest BCUT2D eigenvalue weighted by molar-refractivity contribution is 0.0225. The van der Waals surface area contributed by atoms with Crippen molar-refractivity contribution in [3.63, 3.8) is 0 Å². The molecule has 0 aromatic heterocycles. The summed E-state index contributed by atoms with van der Waals surface area (Å²) in [5.74, 6) is 0.901. The van der Waals surface area contributed by atoms with E-state index in [-0.39, 0.29) is 5.92 Å². The van der Waals surface area contributed by atoms with E-state index < -0.39 is 12.2 Å². The van der Waals surface area contributed by atoms with Gasteiger partial charge >= 0.3 is 0 Å². The zero-order valence-corrected chi connectivity index (χ0v) is 13.7. The van der Waals surface area contributed by atoms with Gasteiger partial charge in [0.1, 0.15) is 5.75 Å². The fourth-order valence-corrected chi connectivity index (χ4v) is 2.75. The summed E-state index contributed by atoms with van der Waals surface area (Å²) < 4.78 is 5.76. The van der Waals surface area contributed by atoms with E-state index in [1.54, 1.807) is 6.92 Å². The summed E-state index contributed by atoms with van der Waals surface area (Å²) in [7, 11) is 0. The Morgan fingerprint density at radius 1 is 1.25 bits per heavy atom. The second-order valence-electron chi connectivity index (χ2n) is 5.42. The number of hydrogen-bond donors (Lipinski definition) is 2. The minimum Gasteiger partial charge on any atom is -0.493 e. The van der Waals surface area contributed by atoms with E-state index in [1.807, 2.05) is 33.8 Å². The van der Waals surface area contributed by atoms with Gasteiger partial charge in [-0.25, -0.2) is 0 Å². The van der Waals surface area contributed by atoms with Crippen molar-refractivity contribution in [2.45, 2.75) is 59.2 Å². The Balaban J connectivity index is 3.20. The molecule has 1 aromatic rings. The third-order valence-corrected chi connectivity index (χ3v) is 4.03. The smallest absolute Gasteiger partial charge is 0.126 e. The Hall–Kier alpha value is -0.770. The number of benzene rings is 1. The lowest BCUT2D eigenvalue weighted by Crippen LogP contribution is -2.24.